The second-order valence-corrected chi connectivity index (χ2v) is 10.8. The topological polar surface area (TPSA) is 66.9 Å². The minimum absolute atomic E-state index is 0.0883. The molecule has 4 rings (SSSR count). The van der Waals surface area contributed by atoms with Crippen molar-refractivity contribution in [3.8, 4) is 5.75 Å². The summed E-state index contributed by atoms with van der Waals surface area (Å²) in [6.07, 6.45) is 3.07. The quantitative estimate of drug-likeness (QED) is 0.680. The fourth-order valence-corrected chi connectivity index (χ4v) is 6.68. The van der Waals surface area contributed by atoms with Crippen molar-refractivity contribution in [1.29, 1.82) is 0 Å². The molecule has 2 aliphatic heterocycles. The Morgan fingerprint density at radius 1 is 0.969 bits per heavy atom. The highest BCUT2D eigenvalue weighted by molar-refractivity contribution is 7.89. The van der Waals surface area contributed by atoms with Crippen LogP contribution in [0.2, 0.25) is 0 Å². The number of hydrogen-bond donors (Lipinski definition) is 0. The van der Waals surface area contributed by atoms with Gasteiger partial charge in [-0.2, -0.15) is 4.31 Å². The third-order valence-electron chi connectivity index (χ3n) is 6.79. The number of piperidine rings is 1. The van der Waals surface area contributed by atoms with Crippen molar-refractivity contribution in [3.63, 3.8) is 0 Å². The van der Waals surface area contributed by atoms with Gasteiger partial charge in [-0.1, -0.05) is 29.8 Å². The fraction of sp³-hybridized carbons (Fsp3) is 0.480. The van der Waals surface area contributed by atoms with Crippen LogP contribution in [0.1, 0.15) is 48.4 Å². The number of benzene rings is 2. The van der Waals surface area contributed by atoms with Gasteiger partial charge >= 0.3 is 0 Å². The van der Waals surface area contributed by atoms with E-state index in [9.17, 15) is 13.2 Å². The highest BCUT2D eigenvalue weighted by atomic mass is 32.2. The van der Waals surface area contributed by atoms with E-state index in [1.165, 1.54) is 0 Å². The van der Waals surface area contributed by atoms with Crippen molar-refractivity contribution in [1.82, 2.24) is 9.21 Å². The van der Waals surface area contributed by atoms with Crippen molar-refractivity contribution >= 4 is 15.9 Å². The van der Waals surface area contributed by atoms with Gasteiger partial charge in [-0.3, -0.25) is 4.79 Å². The standard InChI is InChI=1S/C25H32N2O4S/c1-18-6-11-24(19(2)17-18)32(29,30)26-15-12-21(13-16-26)25(28)27-14-4-5-23(27)20-7-9-22(31-3)10-8-20/h6-11,17,21,23H,4-5,12-16H2,1-3H3/t23-/m0/s1. The smallest absolute Gasteiger partial charge is 0.243 e. The number of nitrogens with zero attached hydrogens (tertiary/aromatic N) is 2. The molecule has 7 heteroatoms. The summed E-state index contributed by atoms with van der Waals surface area (Å²) in [5.41, 5.74) is 2.94. The van der Waals surface area contributed by atoms with Crippen molar-refractivity contribution < 1.29 is 17.9 Å². The van der Waals surface area contributed by atoms with Crippen LogP contribution in [-0.2, 0) is 14.8 Å². The molecule has 6 nitrogen and oxygen atoms in total. The van der Waals surface area contributed by atoms with Crippen LogP contribution in [0.15, 0.2) is 47.4 Å². The summed E-state index contributed by atoms with van der Waals surface area (Å²) in [6.45, 7) is 5.32. The number of hydrogen-bond acceptors (Lipinski definition) is 4. The molecular formula is C25H32N2O4S. The molecule has 0 N–H and O–H groups in total. The number of carbonyl (C=O) groups is 1. The number of sulfonamides is 1. The molecule has 0 bridgehead atoms. The number of rotatable bonds is 5. The lowest BCUT2D eigenvalue weighted by molar-refractivity contribution is -0.137. The lowest BCUT2D eigenvalue weighted by Gasteiger charge is -2.34. The Kier molecular flexibility index (Phi) is 6.58. The van der Waals surface area contributed by atoms with E-state index in [2.05, 4.69) is 0 Å². The van der Waals surface area contributed by atoms with Crippen molar-refractivity contribution in [2.24, 2.45) is 5.92 Å². The molecule has 2 saturated heterocycles. The zero-order chi connectivity index (χ0) is 22.9. The lowest BCUT2D eigenvalue weighted by atomic mass is 9.95. The van der Waals surface area contributed by atoms with E-state index in [0.29, 0.717) is 30.8 Å². The Morgan fingerprint density at radius 2 is 1.66 bits per heavy atom. The highest BCUT2D eigenvalue weighted by Gasteiger charge is 2.38. The van der Waals surface area contributed by atoms with E-state index in [-0.39, 0.29) is 17.9 Å². The van der Waals surface area contributed by atoms with Crippen molar-refractivity contribution in [2.75, 3.05) is 26.7 Å². The predicted octanol–water partition coefficient (Wildman–Crippen LogP) is 4.08. The molecule has 32 heavy (non-hydrogen) atoms. The summed E-state index contributed by atoms with van der Waals surface area (Å²) in [5, 5.41) is 0. The van der Waals surface area contributed by atoms with Gasteiger partial charge in [0.25, 0.3) is 0 Å². The monoisotopic (exact) mass is 456 g/mol. The van der Waals surface area contributed by atoms with Gasteiger partial charge < -0.3 is 9.64 Å². The third-order valence-corrected chi connectivity index (χ3v) is 8.85. The zero-order valence-electron chi connectivity index (χ0n) is 19.1. The van der Waals surface area contributed by atoms with Crippen molar-refractivity contribution in [2.45, 2.75) is 50.5 Å². The first-order valence-electron chi connectivity index (χ1n) is 11.3. The van der Waals surface area contributed by atoms with Gasteiger partial charge in [0.1, 0.15) is 5.75 Å². The van der Waals surface area contributed by atoms with E-state index < -0.39 is 10.0 Å². The average molecular weight is 457 g/mol. The maximum absolute atomic E-state index is 13.4. The SMILES string of the molecule is COc1ccc([C@@H]2CCCN2C(=O)C2CCN(S(=O)(=O)c3ccc(C)cc3C)CC2)cc1. The van der Waals surface area contributed by atoms with Gasteiger partial charge in [-0.05, 0) is 68.9 Å². The summed E-state index contributed by atoms with van der Waals surface area (Å²) < 4.78 is 33.1. The van der Waals surface area contributed by atoms with Crippen LogP contribution >= 0.6 is 0 Å². The Hall–Kier alpha value is -2.38. The van der Waals surface area contributed by atoms with Crippen LogP contribution in [0.4, 0.5) is 0 Å². The molecule has 2 aromatic carbocycles. The lowest BCUT2D eigenvalue weighted by Crippen LogP contribution is -2.44. The van der Waals surface area contributed by atoms with Gasteiger partial charge in [-0.15, -0.1) is 0 Å². The molecule has 0 aliphatic carbocycles. The molecule has 0 saturated carbocycles. The summed E-state index contributed by atoms with van der Waals surface area (Å²) in [7, 11) is -1.90. The normalized spacial score (nSPS) is 20.5. The van der Waals surface area contributed by atoms with Gasteiger partial charge in [0.05, 0.1) is 18.0 Å². The Balaban J connectivity index is 1.42. The second kappa shape index (κ2) is 9.24. The zero-order valence-corrected chi connectivity index (χ0v) is 19.9. The average Bonchev–Trinajstić information content (AvgIpc) is 3.28. The summed E-state index contributed by atoms with van der Waals surface area (Å²) >= 11 is 0. The first kappa shape index (κ1) is 22.8. The summed E-state index contributed by atoms with van der Waals surface area (Å²) in [6, 6.07) is 13.5. The molecule has 1 amide bonds. The summed E-state index contributed by atoms with van der Waals surface area (Å²) in [4.78, 5) is 15.7. The predicted molar refractivity (Wildman–Crippen MR) is 124 cm³/mol. The van der Waals surface area contributed by atoms with E-state index in [1.807, 2.05) is 55.1 Å². The third kappa shape index (κ3) is 4.41. The van der Waals surface area contributed by atoms with E-state index in [1.54, 1.807) is 17.5 Å². The molecule has 2 aromatic rings. The molecular weight excluding hydrogens is 424 g/mol. The van der Waals surface area contributed by atoms with Gasteiger partial charge in [0, 0.05) is 25.6 Å². The molecule has 2 heterocycles. The molecule has 172 valence electrons. The molecule has 0 radical (unpaired) electrons. The maximum Gasteiger partial charge on any atom is 0.243 e. The van der Waals surface area contributed by atoms with Gasteiger partial charge in [0.15, 0.2) is 0 Å². The van der Waals surface area contributed by atoms with Crippen LogP contribution in [0.5, 0.6) is 5.75 Å². The molecule has 2 fully saturated rings. The van der Waals surface area contributed by atoms with Crippen LogP contribution in [0, 0.1) is 19.8 Å². The Bertz CT molecular complexity index is 1070. The summed E-state index contributed by atoms with van der Waals surface area (Å²) in [5.74, 6) is 0.841. The molecule has 0 unspecified atom stereocenters. The highest BCUT2D eigenvalue weighted by Crippen LogP contribution is 2.36. The van der Waals surface area contributed by atoms with Crippen LogP contribution in [-0.4, -0.2) is 50.3 Å². The number of methoxy groups -OCH3 is 1. The Morgan fingerprint density at radius 3 is 2.28 bits per heavy atom. The maximum atomic E-state index is 13.4. The van der Waals surface area contributed by atoms with Crippen LogP contribution in [0.25, 0.3) is 0 Å². The molecule has 2 aliphatic rings. The molecule has 0 aromatic heterocycles. The number of carbonyl (C=O) groups excluding carboxylic acids is 1. The Labute approximate surface area is 191 Å². The minimum Gasteiger partial charge on any atom is -0.497 e. The number of likely N-dealkylation sites (tertiary alicyclic amines) is 1. The second-order valence-electron chi connectivity index (χ2n) is 8.91. The minimum atomic E-state index is -3.54. The van der Waals surface area contributed by atoms with Gasteiger partial charge in [0.2, 0.25) is 15.9 Å². The van der Waals surface area contributed by atoms with Crippen LogP contribution < -0.4 is 4.74 Å². The molecule has 0 spiro atoms. The molecule has 1 atom stereocenters. The number of amides is 1. The first-order valence-corrected chi connectivity index (χ1v) is 12.8. The fourth-order valence-electron chi connectivity index (χ4n) is 5.01. The van der Waals surface area contributed by atoms with Gasteiger partial charge in [-0.25, -0.2) is 8.42 Å². The first-order chi connectivity index (χ1) is 15.3. The van der Waals surface area contributed by atoms with Crippen LogP contribution in [0.3, 0.4) is 0 Å². The largest absolute Gasteiger partial charge is 0.497 e. The van der Waals surface area contributed by atoms with E-state index >= 15 is 0 Å². The van der Waals surface area contributed by atoms with Crippen molar-refractivity contribution in [3.05, 3.63) is 59.2 Å². The van der Waals surface area contributed by atoms with E-state index in [0.717, 1.165) is 41.8 Å². The number of ether oxygens (including phenoxy) is 1. The number of aryl methyl sites for hydroxylation is 2. The van der Waals surface area contributed by atoms with E-state index in [4.69, 9.17) is 4.74 Å².